The van der Waals surface area contributed by atoms with Crippen LogP contribution >= 0.6 is 0 Å². The minimum Gasteiger partial charge on any atom is -0.395 e. The number of hydrogen-bond donors (Lipinski definition) is 2. The lowest BCUT2D eigenvalue weighted by Gasteiger charge is -2.17. The average molecular weight is 131 g/mol. The van der Waals surface area contributed by atoms with Gasteiger partial charge in [0.2, 0.25) is 0 Å². The highest BCUT2D eigenvalue weighted by Gasteiger charge is 2.20. The molecule has 0 aliphatic carbocycles. The van der Waals surface area contributed by atoms with Gasteiger partial charge in [0.1, 0.15) is 6.23 Å². The van der Waals surface area contributed by atoms with E-state index in [-0.39, 0.29) is 12.8 Å². The van der Waals surface area contributed by atoms with Gasteiger partial charge in [-0.3, -0.25) is 4.90 Å². The highest BCUT2D eigenvalue weighted by molar-refractivity contribution is 4.69. The fraction of sp³-hybridized carbons (Fsp3) is 1.00. The lowest BCUT2D eigenvalue weighted by Crippen LogP contribution is -2.31. The molecular formula is C6H13NO2. The zero-order chi connectivity index (χ0) is 6.69. The maximum absolute atomic E-state index is 9.13. The van der Waals surface area contributed by atoms with Gasteiger partial charge in [-0.05, 0) is 12.8 Å². The molecule has 0 aromatic carbocycles. The first-order valence-electron chi connectivity index (χ1n) is 3.37. The number of hydrogen-bond acceptors (Lipinski definition) is 3. The molecule has 3 heteroatoms. The summed E-state index contributed by atoms with van der Waals surface area (Å²) in [6.07, 6.45) is 1.62. The molecule has 0 saturated carbocycles. The monoisotopic (exact) mass is 131 g/mol. The second kappa shape index (κ2) is 3.15. The van der Waals surface area contributed by atoms with Crippen molar-refractivity contribution in [2.24, 2.45) is 0 Å². The molecule has 1 aliphatic heterocycles. The zero-order valence-corrected chi connectivity index (χ0v) is 5.45. The van der Waals surface area contributed by atoms with Crippen molar-refractivity contribution < 1.29 is 10.2 Å². The van der Waals surface area contributed by atoms with Crippen molar-refractivity contribution >= 4 is 0 Å². The standard InChI is InChI=1S/C6H13NO2/c8-5-4-7-3-1-2-6(7)9/h6,8-9H,1-5H2. The molecule has 1 fully saturated rings. The molecule has 1 aliphatic rings. The van der Waals surface area contributed by atoms with Crippen molar-refractivity contribution in [3.05, 3.63) is 0 Å². The summed E-state index contributed by atoms with van der Waals surface area (Å²) in [5, 5.41) is 17.6. The van der Waals surface area contributed by atoms with Crippen LogP contribution in [0.1, 0.15) is 12.8 Å². The van der Waals surface area contributed by atoms with Gasteiger partial charge in [-0.25, -0.2) is 0 Å². The number of aliphatic hydroxyl groups excluding tert-OH is 2. The Morgan fingerprint density at radius 3 is 2.78 bits per heavy atom. The van der Waals surface area contributed by atoms with Gasteiger partial charge in [-0.1, -0.05) is 0 Å². The van der Waals surface area contributed by atoms with Crippen LogP contribution in [0.2, 0.25) is 0 Å². The molecule has 0 spiro atoms. The van der Waals surface area contributed by atoms with Crippen molar-refractivity contribution in [1.82, 2.24) is 4.90 Å². The van der Waals surface area contributed by atoms with E-state index >= 15 is 0 Å². The Morgan fingerprint density at radius 2 is 2.33 bits per heavy atom. The molecule has 3 nitrogen and oxygen atoms in total. The summed E-state index contributed by atoms with van der Waals surface area (Å²) < 4.78 is 0. The third kappa shape index (κ3) is 1.64. The molecule has 1 saturated heterocycles. The van der Waals surface area contributed by atoms with E-state index in [9.17, 15) is 0 Å². The number of nitrogens with zero attached hydrogens (tertiary/aromatic N) is 1. The molecule has 0 bridgehead atoms. The lowest BCUT2D eigenvalue weighted by molar-refractivity contribution is 0.0277. The van der Waals surface area contributed by atoms with Crippen molar-refractivity contribution in [3.63, 3.8) is 0 Å². The molecule has 1 atom stereocenters. The summed E-state index contributed by atoms with van der Waals surface area (Å²) in [6, 6.07) is 0. The molecule has 0 aromatic heterocycles. The van der Waals surface area contributed by atoms with Crippen molar-refractivity contribution in [2.45, 2.75) is 19.1 Å². The van der Waals surface area contributed by atoms with Gasteiger partial charge in [0.15, 0.2) is 0 Å². The molecule has 1 rings (SSSR count). The van der Waals surface area contributed by atoms with E-state index in [2.05, 4.69) is 0 Å². The topological polar surface area (TPSA) is 43.7 Å². The first-order valence-corrected chi connectivity index (χ1v) is 3.37. The molecule has 9 heavy (non-hydrogen) atoms. The fourth-order valence-electron chi connectivity index (χ4n) is 1.20. The summed E-state index contributed by atoms with van der Waals surface area (Å²) in [4.78, 5) is 1.89. The van der Waals surface area contributed by atoms with Gasteiger partial charge < -0.3 is 10.2 Å². The quantitative estimate of drug-likeness (QED) is 0.525. The van der Waals surface area contributed by atoms with Gasteiger partial charge in [0.05, 0.1) is 6.61 Å². The van der Waals surface area contributed by atoms with Gasteiger partial charge in [-0.2, -0.15) is 0 Å². The SMILES string of the molecule is OCCN1CCCC1O. The Hall–Kier alpha value is -0.120. The van der Waals surface area contributed by atoms with Crippen LogP contribution in [0.5, 0.6) is 0 Å². The normalized spacial score (nSPS) is 29.3. The molecule has 0 amide bonds. The second-order valence-corrected chi connectivity index (χ2v) is 2.38. The van der Waals surface area contributed by atoms with Crippen molar-refractivity contribution in [1.29, 1.82) is 0 Å². The van der Waals surface area contributed by atoms with Gasteiger partial charge in [-0.15, -0.1) is 0 Å². The summed E-state index contributed by atoms with van der Waals surface area (Å²) in [7, 11) is 0. The second-order valence-electron chi connectivity index (χ2n) is 2.38. The van der Waals surface area contributed by atoms with Crippen molar-refractivity contribution in [2.75, 3.05) is 19.7 Å². The van der Waals surface area contributed by atoms with Crippen LogP contribution in [0.15, 0.2) is 0 Å². The Kier molecular flexibility index (Phi) is 2.45. The highest BCUT2D eigenvalue weighted by Crippen LogP contribution is 2.12. The summed E-state index contributed by atoms with van der Waals surface area (Å²) in [6.45, 7) is 1.69. The Balaban J connectivity index is 2.22. The predicted octanol–water partition coefficient (Wildman–Crippen LogP) is -0.607. The van der Waals surface area contributed by atoms with Gasteiger partial charge >= 0.3 is 0 Å². The van der Waals surface area contributed by atoms with Gasteiger partial charge in [0.25, 0.3) is 0 Å². The Morgan fingerprint density at radius 1 is 1.56 bits per heavy atom. The maximum atomic E-state index is 9.13. The minimum atomic E-state index is -0.294. The third-order valence-electron chi connectivity index (χ3n) is 1.72. The van der Waals surface area contributed by atoms with E-state index in [1.165, 1.54) is 0 Å². The number of aliphatic hydroxyl groups is 2. The van der Waals surface area contributed by atoms with Crippen molar-refractivity contribution in [3.8, 4) is 0 Å². The summed E-state index contributed by atoms with van der Waals surface area (Å²) in [5.74, 6) is 0. The van der Waals surface area contributed by atoms with E-state index in [4.69, 9.17) is 10.2 Å². The number of rotatable bonds is 2. The Bertz CT molecular complexity index is 87.1. The van der Waals surface area contributed by atoms with Crippen LogP contribution in [-0.2, 0) is 0 Å². The van der Waals surface area contributed by atoms with E-state index in [1.54, 1.807) is 0 Å². The van der Waals surface area contributed by atoms with Crippen LogP contribution in [0.4, 0.5) is 0 Å². The molecule has 54 valence electrons. The van der Waals surface area contributed by atoms with Crippen LogP contribution in [0.3, 0.4) is 0 Å². The van der Waals surface area contributed by atoms with Crippen LogP contribution in [-0.4, -0.2) is 41.0 Å². The molecule has 1 unspecified atom stereocenters. The summed E-state index contributed by atoms with van der Waals surface area (Å²) in [5.41, 5.74) is 0. The van der Waals surface area contributed by atoms with E-state index < -0.39 is 0 Å². The zero-order valence-electron chi connectivity index (χ0n) is 5.45. The molecular weight excluding hydrogens is 118 g/mol. The first kappa shape index (κ1) is 6.99. The molecule has 0 radical (unpaired) electrons. The average Bonchev–Trinajstić information content (AvgIpc) is 2.18. The van der Waals surface area contributed by atoms with E-state index in [0.717, 1.165) is 19.4 Å². The smallest absolute Gasteiger partial charge is 0.107 e. The van der Waals surface area contributed by atoms with E-state index in [1.807, 2.05) is 4.90 Å². The van der Waals surface area contributed by atoms with Crippen LogP contribution < -0.4 is 0 Å². The largest absolute Gasteiger partial charge is 0.395 e. The molecule has 0 aromatic rings. The minimum absolute atomic E-state index is 0.150. The van der Waals surface area contributed by atoms with Gasteiger partial charge in [0, 0.05) is 13.1 Å². The molecule has 2 N–H and O–H groups in total. The summed E-state index contributed by atoms with van der Waals surface area (Å²) >= 11 is 0. The highest BCUT2D eigenvalue weighted by atomic mass is 16.3. The predicted molar refractivity (Wildman–Crippen MR) is 33.9 cm³/mol. The maximum Gasteiger partial charge on any atom is 0.107 e. The lowest BCUT2D eigenvalue weighted by atomic mass is 10.4. The number of β-amino-alcohol motifs (C(OH)–C–C–N with tert-alkyl or cyclic N) is 1. The Labute approximate surface area is 54.9 Å². The third-order valence-corrected chi connectivity index (χ3v) is 1.72. The van der Waals surface area contributed by atoms with Crippen LogP contribution in [0, 0.1) is 0 Å². The fourth-order valence-corrected chi connectivity index (χ4v) is 1.20. The molecule has 1 heterocycles. The number of likely N-dealkylation sites (tertiary alicyclic amines) is 1. The van der Waals surface area contributed by atoms with E-state index in [0.29, 0.717) is 6.54 Å². The van der Waals surface area contributed by atoms with Crippen LogP contribution in [0.25, 0.3) is 0 Å². The first-order chi connectivity index (χ1) is 4.34.